The molecule has 0 aromatic carbocycles. The third-order valence-corrected chi connectivity index (χ3v) is 5.10. The number of ether oxygens (including phenoxy) is 5. The Bertz CT molecular complexity index is 550. The van der Waals surface area contributed by atoms with Gasteiger partial charge in [0, 0.05) is 51.9 Å². The quantitative estimate of drug-likeness (QED) is 0.460. The standard InChI is InChI=1S/C22H38N2O9/c1-29-21(27)7-3-5-19(25)23-9-13-31-14-10-24(12-16-33-18-17-32-15-11-23)20(26)6-4-8-22(28)30-2/h3-18H2,1-2H3. The first-order chi connectivity index (χ1) is 16.0. The molecule has 0 unspecified atom stereocenters. The summed E-state index contributed by atoms with van der Waals surface area (Å²) in [6.45, 7) is 3.79. The number of carbonyl (C=O) groups is 4. The maximum Gasteiger partial charge on any atom is 0.305 e. The summed E-state index contributed by atoms with van der Waals surface area (Å²) in [5.41, 5.74) is 0. The highest BCUT2D eigenvalue weighted by Gasteiger charge is 2.16. The molecule has 0 N–H and O–H groups in total. The molecule has 1 rings (SSSR count). The number of amides is 2. The Hall–Kier alpha value is -2.24. The Morgan fingerprint density at radius 1 is 0.576 bits per heavy atom. The van der Waals surface area contributed by atoms with Gasteiger partial charge in [-0.25, -0.2) is 0 Å². The van der Waals surface area contributed by atoms with Crippen molar-refractivity contribution in [3.63, 3.8) is 0 Å². The van der Waals surface area contributed by atoms with Crippen LogP contribution >= 0.6 is 0 Å². The molecule has 33 heavy (non-hydrogen) atoms. The number of carbonyl (C=O) groups excluding carboxylic acids is 4. The molecule has 190 valence electrons. The third-order valence-electron chi connectivity index (χ3n) is 5.10. The molecule has 0 atom stereocenters. The highest BCUT2D eigenvalue weighted by atomic mass is 16.5. The highest BCUT2D eigenvalue weighted by Crippen LogP contribution is 2.05. The first-order valence-corrected chi connectivity index (χ1v) is 11.4. The minimum atomic E-state index is -0.337. The number of methoxy groups -OCH3 is 2. The van der Waals surface area contributed by atoms with E-state index in [1.165, 1.54) is 14.2 Å². The fourth-order valence-electron chi connectivity index (χ4n) is 3.13. The van der Waals surface area contributed by atoms with Crippen molar-refractivity contribution in [3.8, 4) is 0 Å². The second-order valence-electron chi connectivity index (χ2n) is 7.46. The first-order valence-electron chi connectivity index (χ1n) is 11.4. The van der Waals surface area contributed by atoms with E-state index < -0.39 is 0 Å². The molecule has 2 amide bonds. The smallest absolute Gasteiger partial charge is 0.305 e. The van der Waals surface area contributed by atoms with Crippen molar-refractivity contribution in [3.05, 3.63) is 0 Å². The van der Waals surface area contributed by atoms with Crippen LogP contribution in [0.3, 0.4) is 0 Å². The van der Waals surface area contributed by atoms with Gasteiger partial charge in [-0.05, 0) is 12.8 Å². The van der Waals surface area contributed by atoms with Crippen molar-refractivity contribution in [2.24, 2.45) is 0 Å². The van der Waals surface area contributed by atoms with Crippen molar-refractivity contribution < 1.29 is 42.9 Å². The minimum absolute atomic E-state index is 0.0749. The van der Waals surface area contributed by atoms with Crippen LogP contribution in [0.4, 0.5) is 0 Å². The Kier molecular flexibility index (Phi) is 15.9. The van der Waals surface area contributed by atoms with Gasteiger partial charge in [0.05, 0.1) is 53.9 Å². The summed E-state index contributed by atoms with van der Waals surface area (Å²) in [7, 11) is 2.64. The number of hydrogen-bond acceptors (Lipinski definition) is 9. The zero-order valence-electron chi connectivity index (χ0n) is 19.9. The molecule has 11 heteroatoms. The van der Waals surface area contributed by atoms with E-state index in [9.17, 15) is 19.2 Å². The van der Waals surface area contributed by atoms with Gasteiger partial charge < -0.3 is 33.5 Å². The molecule has 1 saturated heterocycles. The minimum Gasteiger partial charge on any atom is -0.469 e. The van der Waals surface area contributed by atoms with Crippen molar-refractivity contribution in [2.45, 2.75) is 38.5 Å². The van der Waals surface area contributed by atoms with Gasteiger partial charge in [0.2, 0.25) is 11.8 Å². The van der Waals surface area contributed by atoms with E-state index >= 15 is 0 Å². The molecule has 11 nitrogen and oxygen atoms in total. The second-order valence-corrected chi connectivity index (χ2v) is 7.46. The van der Waals surface area contributed by atoms with Crippen LogP contribution in [-0.2, 0) is 42.9 Å². The van der Waals surface area contributed by atoms with Crippen molar-refractivity contribution >= 4 is 23.8 Å². The van der Waals surface area contributed by atoms with E-state index in [2.05, 4.69) is 9.47 Å². The number of esters is 2. The average Bonchev–Trinajstić information content (AvgIpc) is 2.82. The molecule has 0 saturated carbocycles. The Balaban J connectivity index is 2.52. The summed E-state index contributed by atoms with van der Waals surface area (Å²) in [6, 6.07) is 0. The van der Waals surface area contributed by atoms with Crippen LogP contribution in [0.1, 0.15) is 38.5 Å². The molecule has 1 aliphatic rings. The van der Waals surface area contributed by atoms with E-state index in [0.29, 0.717) is 78.7 Å². The van der Waals surface area contributed by atoms with Gasteiger partial charge in [-0.2, -0.15) is 0 Å². The fourth-order valence-corrected chi connectivity index (χ4v) is 3.13. The van der Waals surface area contributed by atoms with Crippen molar-refractivity contribution in [2.75, 3.05) is 80.0 Å². The second kappa shape index (κ2) is 18.2. The Morgan fingerprint density at radius 3 is 1.24 bits per heavy atom. The molecule has 1 aliphatic heterocycles. The van der Waals surface area contributed by atoms with Gasteiger partial charge in [0.25, 0.3) is 0 Å². The van der Waals surface area contributed by atoms with Crippen LogP contribution in [0.2, 0.25) is 0 Å². The topological polar surface area (TPSA) is 121 Å². The molecule has 1 fully saturated rings. The van der Waals surface area contributed by atoms with E-state index in [-0.39, 0.29) is 49.4 Å². The maximum atomic E-state index is 12.5. The fraction of sp³-hybridized carbons (Fsp3) is 0.818. The lowest BCUT2D eigenvalue weighted by atomic mass is 10.2. The van der Waals surface area contributed by atoms with Crippen LogP contribution < -0.4 is 0 Å². The molecule has 0 aromatic heterocycles. The van der Waals surface area contributed by atoms with Gasteiger partial charge in [0.1, 0.15) is 0 Å². The van der Waals surface area contributed by atoms with Gasteiger partial charge in [-0.1, -0.05) is 0 Å². The lowest BCUT2D eigenvalue weighted by Gasteiger charge is -2.24. The molecular weight excluding hydrogens is 436 g/mol. The Labute approximate surface area is 195 Å². The van der Waals surface area contributed by atoms with E-state index in [4.69, 9.17) is 14.2 Å². The molecule has 0 aliphatic carbocycles. The molecule has 0 spiro atoms. The summed E-state index contributed by atoms with van der Waals surface area (Å²) in [6.07, 6.45) is 1.72. The summed E-state index contributed by atoms with van der Waals surface area (Å²) in [5, 5.41) is 0. The van der Waals surface area contributed by atoms with Crippen LogP contribution in [0.5, 0.6) is 0 Å². The number of nitrogens with zero attached hydrogens (tertiary/aromatic N) is 2. The van der Waals surface area contributed by atoms with E-state index in [0.717, 1.165) is 0 Å². The van der Waals surface area contributed by atoms with E-state index in [1.807, 2.05) is 0 Å². The molecule has 0 aromatic rings. The van der Waals surface area contributed by atoms with Crippen LogP contribution in [0, 0.1) is 0 Å². The highest BCUT2D eigenvalue weighted by molar-refractivity contribution is 5.77. The summed E-state index contributed by atoms with van der Waals surface area (Å²) in [4.78, 5) is 50.9. The predicted octanol–water partition coefficient (Wildman–Crippen LogP) is 0.394. The van der Waals surface area contributed by atoms with Crippen LogP contribution in [0.15, 0.2) is 0 Å². The van der Waals surface area contributed by atoms with Crippen molar-refractivity contribution in [1.82, 2.24) is 9.80 Å². The normalized spacial score (nSPS) is 16.9. The molecule has 0 bridgehead atoms. The van der Waals surface area contributed by atoms with Gasteiger partial charge in [0.15, 0.2) is 0 Å². The summed E-state index contributed by atoms with van der Waals surface area (Å²) < 4.78 is 26.0. The lowest BCUT2D eigenvalue weighted by molar-refractivity contribution is -0.142. The number of hydrogen-bond donors (Lipinski definition) is 0. The maximum absolute atomic E-state index is 12.5. The zero-order chi connectivity index (χ0) is 24.3. The Morgan fingerprint density at radius 2 is 0.909 bits per heavy atom. The average molecular weight is 475 g/mol. The van der Waals surface area contributed by atoms with Crippen LogP contribution in [0.25, 0.3) is 0 Å². The van der Waals surface area contributed by atoms with Crippen LogP contribution in [-0.4, -0.2) is 114 Å². The molecule has 0 radical (unpaired) electrons. The zero-order valence-corrected chi connectivity index (χ0v) is 19.9. The third kappa shape index (κ3) is 13.8. The van der Waals surface area contributed by atoms with Gasteiger partial charge >= 0.3 is 11.9 Å². The monoisotopic (exact) mass is 474 g/mol. The van der Waals surface area contributed by atoms with E-state index in [1.54, 1.807) is 9.80 Å². The van der Waals surface area contributed by atoms with Crippen molar-refractivity contribution in [1.29, 1.82) is 0 Å². The van der Waals surface area contributed by atoms with Gasteiger partial charge in [-0.15, -0.1) is 0 Å². The SMILES string of the molecule is COC(=O)CCCC(=O)N1CCOCCOCCN(C(=O)CCCC(=O)OC)CCOCC1. The molecular formula is C22H38N2O9. The summed E-state index contributed by atoms with van der Waals surface area (Å²) in [5.74, 6) is -0.824. The lowest BCUT2D eigenvalue weighted by Crippen LogP contribution is -2.38. The predicted molar refractivity (Wildman–Crippen MR) is 117 cm³/mol. The van der Waals surface area contributed by atoms with Gasteiger partial charge in [-0.3, -0.25) is 19.2 Å². The number of rotatable bonds is 8. The summed E-state index contributed by atoms with van der Waals surface area (Å²) >= 11 is 0. The first kappa shape index (κ1) is 28.8. The largest absolute Gasteiger partial charge is 0.469 e. The molecule has 1 heterocycles.